The quantitative estimate of drug-likeness (QED) is 0.473. The van der Waals surface area contributed by atoms with Crippen molar-refractivity contribution in [2.24, 2.45) is 4.99 Å². The van der Waals surface area contributed by atoms with Crippen LogP contribution in [0.3, 0.4) is 0 Å². The normalized spacial score (nSPS) is 11.9. The Morgan fingerprint density at radius 1 is 1.10 bits per heavy atom. The minimum absolute atomic E-state index is 0.0680. The van der Waals surface area contributed by atoms with Crippen molar-refractivity contribution < 1.29 is 18.7 Å². The minimum Gasteiger partial charge on any atom is -0.465 e. The molecule has 146 valence electrons. The lowest BCUT2D eigenvalue weighted by Crippen LogP contribution is -2.23. The van der Waals surface area contributed by atoms with Crippen LogP contribution in [-0.2, 0) is 16.1 Å². The molecule has 7 heteroatoms. The predicted molar refractivity (Wildman–Crippen MR) is 110 cm³/mol. The lowest BCUT2D eigenvalue weighted by atomic mass is 10.1. The van der Waals surface area contributed by atoms with Crippen LogP contribution >= 0.6 is 11.3 Å². The van der Waals surface area contributed by atoms with Gasteiger partial charge in [0.15, 0.2) is 4.80 Å². The van der Waals surface area contributed by atoms with Crippen LogP contribution in [0.4, 0.5) is 4.39 Å². The van der Waals surface area contributed by atoms with Crippen LogP contribution in [0.25, 0.3) is 21.0 Å². The second-order valence-corrected chi connectivity index (χ2v) is 7.32. The number of benzene rings is 3. The van der Waals surface area contributed by atoms with Crippen LogP contribution < -0.4 is 4.80 Å². The molecular weight excluding hydrogens is 391 g/mol. The molecule has 1 heterocycles. The summed E-state index contributed by atoms with van der Waals surface area (Å²) in [7, 11) is 0. The van der Waals surface area contributed by atoms with Crippen molar-refractivity contribution in [1.82, 2.24) is 4.57 Å². The van der Waals surface area contributed by atoms with E-state index in [9.17, 15) is 14.0 Å². The number of thiazole rings is 1. The fraction of sp³-hybridized carbons (Fsp3) is 0.136. The highest BCUT2D eigenvalue weighted by Crippen LogP contribution is 2.27. The summed E-state index contributed by atoms with van der Waals surface area (Å²) in [4.78, 5) is 29.3. The van der Waals surface area contributed by atoms with E-state index in [1.807, 2.05) is 36.4 Å². The summed E-state index contributed by atoms with van der Waals surface area (Å²) in [5.41, 5.74) is 0.933. The van der Waals surface area contributed by atoms with E-state index >= 15 is 0 Å². The van der Waals surface area contributed by atoms with Crippen LogP contribution in [0.2, 0.25) is 0 Å². The van der Waals surface area contributed by atoms with Crippen LogP contribution in [0.15, 0.2) is 65.7 Å². The van der Waals surface area contributed by atoms with Crippen LogP contribution in [0.5, 0.6) is 0 Å². The average Bonchev–Trinajstić information content (AvgIpc) is 3.05. The molecule has 0 bridgehead atoms. The fourth-order valence-electron chi connectivity index (χ4n) is 3.15. The molecule has 1 amide bonds. The smallest absolute Gasteiger partial charge is 0.326 e. The summed E-state index contributed by atoms with van der Waals surface area (Å²) in [5, 5.41) is 2.06. The van der Waals surface area contributed by atoms with Crippen molar-refractivity contribution in [3.63, 3.8) is 0 Å². The van der Waals surface area contributed by atoms with E-state index in [1.165, 1.54) is 29.5 Å². The van der Waals surface area contributed by atoms with Gasteiger partial charge in [-0.15, -0.1) is 0 Å². The molecule has 0 fully saturated rings. The number of carbonyl (C=O) groups is 2. The van der Waals surface area contributed by atoms with Crippen LogP contribution in [0, 0.1) is 5.82 Å². The molecule has 4 rings (SSSR count). The van der Waals surface area contributed by atoms with Crippen molar-refractivity contribution in [2.45, 2.75) is 13.5 Å². The monoisotopic (exact) mass is 408 g/mol. The Hall–Kier alpha value is -3.32. The number of hydrogen-bond acceptors (Lipinski definition) is 4. The summed E-state index contributed by atoms with van der Waals surface area (Å²) in [6.45, 7) is 1.93. The second kappa shape index (κ2) is 7.97. The van der Waals surface area contributed by atoms with Gasteiger partial charge in [0.1, 0.15) is 12.4 Å². The van der Waals surface area contributed by atoms with Crippen LogP contribution in [0.1, 0.15) is 17.3 Å². The highest BCUT2D eigenvalue weighted by atomic mass is 32.1. The molecule has 3 aromatic carbocycles. The number of rotatable bonds is 4. The van der Waals surface area contributed by atoms with Crippen molar-refractivity contribution in [1.29, 1.82) is 0 Å². The lowest BCUT2D eigenvalue weighted by Gasteiger charge is -2.06. The largest absolute Gasteiger partial charge is 0.465 e. The molecule has 0 aliphatic rings. The molecule has 0 radical (unpaired) electrons. The first-order valence-corrected chi connectivity index (χ1v) is 9.90. The van der Waals surface area contributed by atoms with Crippen molar-refractivity contribution >= 4 is 44.2 Å². The van der Waals surface area contributed by atoms with Gasteiger partial charge in [0.05, 0.1) is 16.8 Å². The zero-order chi connectivity index (χ0) is 20.4. The van der Waals surface area contributed by atoms with Gasteiger partial charge in [-0.3, -0.25) is 9.59 Å². The summed E-state index contributed by atoms with van der Waals surface area (Å²) >= 11 is 1.31. The standard InChI is InChI=1S/C22H17FN2O3S/c1-2-28-19(26)13-25-18-11-10-14-6-3-4-9-17(14)20(18)29-22(25)24-21(27)15-7-5-8-16(23)12-15/h3-12H,2,13H2,1H3. The van der Waals surface area contributed by atoms with Gasteiger partial charge in [-0.25, -0.2) is 4.39 Å². The Bertz CT molecular complexity index is 1310. The Labute approximate surface area is 169 Å². The van der Waals surface area contributed by atoms with Gasteiger partial charge in [0.2, 0.25) is 0 Å². The van der Waals surface area contributed by atoms with Gasteiger partial charge >= 0.3 is 5.97 Å². The first-order valence-electron chi connectivity index (χ1n) is 9.08. The maximum atomic E-state index is 13.5. The van der Waals surface area contributed by atoms with E-state index in [2.05, 4.69) is 4.99 Å². The molecule has 0 aliphatic carbocycles. The van der Waals surface area contributed by atoms with Crippen molar-refractivity contribution in [2.75, 3.05) is 6.61 Å². The van der Waals surface area contributed by atoms with Gasteiger partial charge in [-0.05, 0) is 36.6 Å². The van der Waals surface area contributed by atoms with Gasteiger partial charge in [-0.2, -0.15) is 4.99 Å². The number of hydrogen-bond donors (Lipinski definition) is 0. The Kier molecular flexibility index (Phi) is 5.22. The maximum Gasteiger partial charge on any atom is 0.326 e. The molecule has 5 nitrogen and oxygen atoms in total. The van der Waals surface area contributed by atoms with E-state index < -0.39 is 17.7 Å². The second-order valence-electron chi connectivity index (χ2n) is 6.34. The third kappa shape index (κ3) is 3.82. The zero-order valence-corrected chi connectivity index (χ0v) is 16.4. The fourth-order valence-corrected chi connectivity index (χ4v) is 4.31. The van der Waals surface area contributed by atoms with Gasteiger partial charge < -0.3 is 9.30 Å². The van der Waals surface area contributed by atoms with Crippen molar-refractivity contribution in [3.8, 4) is 0 Å². The number of nitrogens with zero attached hydrogens (tertiary/aromatic N) is 2. The predicted octanol–water partition coefficient (Wildman–Crippen LogP) is 4.30. The summed E-state index contributed by atoms with van der Waals surface area (Å²) < 4.78 is 21.2. The summed E-state index contributed by atoms with van der Waals surface area (Å²) in [6.07, 6.45) is 0. The SMILES string of the molecule is CCOC(=O)Cn1c(=NC(=O)c2cccc(F)c2)sc2c3ccccc3ccc21. The highest BCUT2D eigenvalue weighted by Gasteiger charge is 2.15. The Morgan fingerprint density at radius 2 is 1.93 bits per heavy atom. The lowest BCUT2D eigenvalue weighted by molar-refractivity contribution is -0.143. The van der Waals surface area contributed by atoms with Gasteiger partial charge in [0, 0.05) is 10.9 Å². The molecule has 29 heavy (non-hydrogen) atoms. The zero-order valence-electron chi connectivity index (χ0n) is 15.6. The molecule has 1 aromatic heterocycles. The molecular formula is C22H17FN2O3S. The number of aromatic nitrogens is 1. The first kappa shape index (κ1) is 19.0. The van der Waals surface area contributed by atoms with E-state index in [4.69, 9.17) is 4.74 Å². The third-order valence-corrected chi connectivity index (χ3v) is 5.56. The first-order chi connectivity index (χ1) is 14.1. The highest BCUT2D eigenvalue weighted by molar-refractivity contribution is 7.17. The number of halogens is 1. The minimum atomic E-state index is -0.571. The molecule has 0 spiro atoms. The average molecular weight is 408 g/mol. The van der Waals surface area contributed by atoms with E-state index in [0.717, 1.165) is 27.1 Å². The Balaban J connectivity index is 1.92. The molecule has 0 saturated carbocycles. The van der Waals surface area contributed by atoms with Crippen molar-refractivity contribution in [3.05, 3.63) is 76.8 Å². The summed E-state index contributed by atoms with van der Waals surface area (Å²) in [6, 6.07) is 17.1. The number of amides is 1. The van der Waals surface area contributed by atoms with Crippen LogP contribution in [-0.4, -0.2) is 23.1 Å². The van der Waals surface area contributed by atoms with E-state index in [1.54, 1.807) is 11.5 Å². The van der Waals surface area contributed by atoms with E-state index in [0.29, 0.717) is 4.80 Å². The van der Waals surface area contributed by atoms with E-state index in [-0.39, 0.29) is 18.7 Å². The number of carbonyl (C=O) groups excluding carboxylic acids is 2. The molecule has 0 saturated heterocycles. The number of fused-ring (bicyclic) bond motifs is 3. The molecule has 4 aromatic rings. The maximum absolute atomic E-state index is 13.5. The third-order valence-electron chi connectivity index (χ3n) is 4.44. The molecule has 0 aliphatic heterocycles. The van der Waals surface area contributed by atoms with Gasteiger partial charge in [0.25, 0.3) is 5.91 Å². The summed E-state index contributed by atoms with van der Waals surface area (Å²) in [5.74, 6) is -1.49. The topological polar surface area (TPSA) is 60.7 Å². The Morgan fingerprint density at radius 3 is 2.72 bits per heavy atom. The number of esters is 1. The van der Waals surface area contributed by atoms with Gasteiger partial charge in [-0.1, -0.05) is 47.7 Å². The molecule has 0 N–H and O–H groups in total. The molecule has 0 atom stereocenters. The molecule has 0 unspecified atom stereocenters. The number of ether oxygens (including phenoxy) is 1.